The Balaban J connectivity index is 3.22. The Kier molecular flexibility index (Phi) is 13.9. The predicted molar refractivity (Wildman–Crippen MR) is 137 cm³/mol. The molecule has 0 radical (unpaired) electrons. The van der Waals surface area contributed by atoms with Gasteiger partial charge in [0.25, 0.3) is 0 Å². The summed E-state index contributed by atoms with van der Waals surface area (Å²) in [6.45, 7) is 13.7. The van der Waals surface area contributed by atoms with Gasteiger partial charge in [-0.15, -0.1) is 0 Å². The quantitative estimate of drug-likeness (QED) is 0.297. The fourth-order valence-corrected chi connectivity index (χ4v) is 4.31. The van der Waals surface area contributed by atoms with Gasteiger partial charge in [-0.1, -0.05) is 74.1 Å². The van der Waals surface area contributed by atoms with Crippen LogP contribution in [0.1, 0.15) is 106 Å². The predicted octanol–water partition coefficient (Wildman–Crippen LogP) is 3.87. The van der Waals surface area contributed by atoms with Crippen molar-refractivity contribution in [3.05, 3.63) is 0 Å². The van der Waals surface area contributed by atoms with Crippen LogP contribution in [0.2, 0.25) is 0 Å². The van der Waals surface area contributed by atoms with Gasteiger partial charge in [-0.2, -0.15) is 0 Å². The van der Waals surface area contributed by atoms with Crippen molar-refractivity contribution in [3.63, 3.8) is 0 Å². The van der Waals surface area contributed by atoms with Crippen molar-refractivity contribution in [2.45, 2.75) is 130 Å². The Hall–Kier alpha value is -2.12. The van der Waals surface area contributed by atoms with E-state index in [-0.39, 0.29) is 36.0 Å². The molecule has 0 aliphatic carbocycles. The molecule has 3 N–H and O–H groups in total. The molecule has 0 saturated carbocycles. The molecule has 4 unspecified atom stereocenters. The van der Waals surface area contributed by atoms with Crippen LogP contribution < -0.4 is 16.0 Å². The van der Waals surface area contributed by atoms with Gasteiger partial charge in [0.15, 0.2) is 0 Å². The highest BCUT2D eigenvalue weighted by molar-refractivity contribution is 5.94. The third kappa shape index (κ3) is 11.9. The highest BCUT2D eigenvalue weighted by Crippen LogP contribution is 2.17. The molecule has 3 amide bonds. The van der Waals surface area contributed by atoms with Crippen LogP contribution in [-0.4, -0.2) is 47.9 Å². The smallest absolute Gasteiger partial charge is 0.329 e. The molecule has 0 aromatic carbocycles. The minimum atomic E-state index is -0.855. The molecule has 0 aromatic heterocycles. The monoisotopic (exact) mass is 495 g/mol. The summed E-state index contributed by atoms with van der Waals surface area (Å²) in [5.74, 6) is -1.55. The van der Waals surface area contributed by atoms with E-state index < -0.39 is 36.1 Å². The lowest BCUT2D eigenvalue weighted by atomic mass is 9.99. The van der Waals surface area contributed by atoms with Gasteiger partial charge in [-0.25, -0.2) is 4.79 Å². The van der Waals surface area contributed by atoms with E-state index in [0.29, 0.717) is 19.3 Å². The lowest BCUT2D eigenvalue weighted by molar-refractivity contribution is -0.156. The summed E-state index contributed by atoms with van der Waals surface area (Å²) in [7, 11) is 0. The molecular weight excluding hydrogens is 446 g/mol. The van der Waals surface area contributed by atoms with E-state index in [0.717, 1.165) is 32.1 Å². The van der Waals surface area contributed by atoms with E-state index in [1.807, 2.05) is 41.5 Å². The zero-order valence-electron chi connectivity index (χ0n) is 22.9. The molecule has 0 spiro atoms. The molecule has 0 aromatic rings. The number of cyclic esters (lactones) is 1. The van der Waals surface area contributed by atoms with E-state index in [4.69, 9.17) is 4.74 Å². The van der Waals surface area contributed by atoms with Gasteiger partial charge in [0.2, 0.25) is 17.7 Å². The summed E-state index contributed by atoms with van der Waals surface area (Å²) in [4.78, 5) is 52.4. The van der Waals surface area contributed by atoms with Crippen LogP contribution >= 0.6 is 0 Å². The average Bonchev–Trinajstić information content (AvgIpc) is 2.74. The molecule has 1 saturated heterocycles. The number of hydrogen-bond acceptors (Lipinski definition) is 5. The lowest BCUT2D eigenvalue weighted by Gasteiger charge is -2.27. The molecule has 1 aliphatic rings. The third-order valence-corrected chi connectivity index (χ3v) is 6.24. The van der Waals surface area contributed by atoms with Gasteiger partial charge in [-0.05, 0) is 43.4 Å². The van der Waals surface area contributed by atoms with Crippen molar-refractivity contribution in [1.29, 1.82) is 0 Å². The SMILES string of the molecule is CCCCCCCC1CC(=O)NC(CC(C)C)C(=O)NC(CC(C)C)C(=O)NC(C(C)C)C(=O)O1. The minimum absolute atomic E-state index is 0.00439. The number of amides is 3. The summed E-state index contributed by atoms with van der Waals surface area (Å²) in [5, 5.41) is 8.49. The molecular formula is C27H49N3O5. The van der Waals surface area contributed by atoms with Crippen LogP contribution in [0, 0.1) is 17.8 Å². The van der Waals surface area contributed by atoms with Crippen LogP contribution in [-0.2, 0) is 23.9 Å². The van der Waals surface area contributed by atoms with Gasteiger partial charge >= 0.3 is 5.97 Å². The van der Waals surface area contributed by atoms with E-state index >= 15 is 0 Å². The number of carbonyl (C=O) groups is 4. The first-order valence-electron chi connectivity index (χ1n) is 13.5. The van der Waals surface area contributed by atoms with Crippen molar-refractivity contribution >= 4 is 23.7 Å². The third-order valence-electron chi connectivity index (χ3n) is 6.24. The summed E-state index contributed by atoms with van der Waals surface area (Å²) in [6.07, 6.45) is 6.06. The molecule has 8 nitrogen and oxygen atoms in total. The molecule has 1 aliphatic heterocycles. The highest BCUT2D eigenvalue weighted by Gasteiger charge is 2.34. The van der Waals surface area contributed by atoms with Crippen LogP contribution in [0.5, 0.6) is 0 Å². The van der Waals surface area contributed by atoms with E-state index in [1.54, 1.807) is 0 Å². The maximum atomic E-state index is 13.2. The maximum absolute atomic E-state index is 13.2. The highest BCUT2D eigenvalue weighted by atomic mass is 16.5. The zero-order chi connectivity index (χ0) is 26.5. The van der Waals surface area contributed by atoms with Gasteiger partial charge in [0.1, 0.15) is 24.2 Å². The second kappa shape index (κ2) is 15.8. The molecule has 4 atom stereocenters. The summed E-state index contributed by atoms with van der Waals surface area (Å²) < 4.78 is 5.80. The van der Waals surface area contributed by atoms with Crippen LogP contribution in [0.4, 0.5) is 0 Å². The number of carbonyl (C=O) groups excluding carboxylic acids is 4. The topological polar surface area (TPSA) is 114 Å². The Bertz CT molecular complexity index is 692. The molecule has 202 valence electrons. The first-order valence-corrected chi connectivity index (χ1v) is 13.5. The van der Waals surface area contributed by atoms with E-state index in [2.05, 4.69) is 22.9 Å². The van der Waals surface area contributed by atoms with Crippen LogP contribution in [0.25, 0.3) is 0 Å². The van der Waals surface area contributed by atoms with Crippen molar-refractivity contribution in [2.75, 3.05) is 0 Å². The van der Waals surface area contributed by atoms with E-state index in [9.17, 15) is 19.2 Å². The molecule has 8 heteroatoms. The first kappa shape index (κ1) is 30.9. The Morgan fingerprint density at radius 3 is 1.86 bits per heavy atom. The molecule has 1 rings (SSSR count). The number of nitrogens with one attached hydrogen (secondary N) is 3. The van der Waals surface area contributed by atoms with Crippen molar-refractivity contribution < 1.29 is 23.9 Å². The van der Waals surface area contributed by atoms with Crippen molar-refractivity contribution in [1.82, 2.24) is 16.0 Å². The number of hydrogen-bond donors (Lipinski definition) is 3. The first-order chi connectivity index (χ1) is 16.4. The van der Waals surface area contributed by atoms with Gasteiger partial charge in [0.05, 0.1) is 6.42 Å². The van der Waals surface area contributed by atoms with Crippen LogP contribution in [0.3, 0.4) is 0 Å². The zero-order valence-corrected chi connectivity index (χ0v) is 22.9. The molecule has 1 heterocycles. The second-order valence-electron chi connectivity index (χ2n) is 11.1. The maximum Gasteiger partial charge on any atom is 0.329 e. The van der Waals surface area contributed by atoms with Gasteiger partial charge in [-0.3, -0.25) is 14.4 Å². The Morgan fingerprint density at radius 1 is 0.771 bits per heavy atom. The largest absolute Gasteiger partial charge is 0.460 e. The van der Waals surface area contributed by atoms with Gasteiger partial charge in [0, 0.05) is 0 Å². The number of ether oxygens (including phenoxy) is 1. The fourth-order valence-electron chi connectivity index (χ4n) is 4.31. The molecule has 35 heavy (non-hydrogen) atoms. The summed E-state index contributed by atoms with van der Waals surface area (Å²) >= 11 is 0. The number of unbranched alkanes of at least 4 members (excludes halogenated alkanes) is 4. The van der Waals surface area contributed by atoms with Crippen molar-refractivity contribution in [2.24, 2.45) is 17.8 Å². The van der Waals surface area contributed by atoms with Gasteiger partial charge < -0.3 is 20.7 Å². The minimum Gasteiger partial charge on any atom is -0.460 e. The van der Waals surface area contributed by atoms with Crippen molar-refractivity contribution in [3.8, 4) is 0 Å². The Labute approximate surface area is 212 Å². The molecule has 1 fully saturated rings. The number of rotatable bonds is 11. The Morgan fingerprint density at radius 2 is 1.31 bits per heavy atom. The van der Waals surface area contributed by atoms with Crippen LogP contribution in [0.15, 0.2) is 0 Å². The average molecular weight is 496 g/mol. The summed E-state index contributed by atoms with van der Waals surface area (Å²) in [6, 6.07) is -2.42. The fraction of sp³-hybridized carbons (Fsp3) is 0.852. The second-order valence-corrected chi connectivity index (χ2v) is 11.1. The standard InChI is InChI=1S/C27H49N3O5/c1-8-9-10-11-12-13-20-16-23(31)28-21(14-17(2)3)25(32)29-22(15-18(4)5)26(33)30-24(19(6)7)27(34)35-20/h17-22,24H,8-16H2,1-7H3,(H,28,31)(H,29,32)(H,30,33). The normalized spacial score (nSPS) is 24.9. The summed E-state index contributed by atoms with van der Waals surface area (Å²) in [5.41, 5.74) is 0. The number of esters is 1. The lowest BCUT2D eigenvalue weighted by Crippen LogP contribution is -2.56. The van der Waals surface area contributed by atoms with E-state index in [1.165, 1.54) is 0 Å². The molecule has 0 bridgehead atoms.